The average molecular weight is 374 g/mol. The summed E-state index contributed by atoms with van der Waals surface area (Å²) in [5.41, 5.74) is -0.281. The van der Waals surface area contributed by atoms with Crippen LogP contribution in [0, 0.1) is 5.82 Å². The fraction of sp³-hybridized carbons (Fsp3) is 0.143. The lowest BCUT2D eigenvalue weighted by Gasteiger charge is -2.21. The lowest BCUT2D eigenvalue weighted by molar-refractivity contribution is -0.153. The summed E-state index contributed by atoms with van der Waals surface area (Å²) in [4.78, 5) is 7.50. The van der Waals surface area contributed by atoms with Crippen molar-refractivity contribution < 1.29 is 26.0 Å². The Morgan fingerprint density at radius 3 is 2.44 bits per heavy atom. The quantitative estimate of drug-likeness (QED) is 0.712. The Bertz CT molecular complexity index is 967. The number of imidazole rings is 1. The normalized spacial score (nSPS) is 13.9. The Kier molecular flexibility index (Phi) is 4.21. The van der Waals surface area contributed by atoms with E-state index in [-0.39, 0.29) is 5.65 Å². The molecule has 0 aliphatic heterocycles. The lowest BCUT2D eigenvalue weighted by Crippen LogP contribution is -2.38. The van der Waals surface area contributed by atoms with E-state index in [1.165, 1.54) is 23.0 Å². The molecular weight excluding hydrogens is 364 g/mol. The fourth-order valence-electron chi connectivity index (χ4n) is 2.14. The second-order valence-corrected chi connectivity index (χ2v) is 6.73. The second kappa shape index (κ2) is 6.08. The smallest absolute Gasteiger partial charge is 0.303 e. The van der Waals surface area contributed by atoms with Gasteiger partial charge in [0, 0.05) is 18.6 Å². The van der Waals surface area contributed by atoms with E-state index >= 15 is 0 Å². The monoisotopic (exact) mass is 374 g/mol. The molecule has 0 fully saturated rings. The van der Waals surface area contributed by atoms with Gasteiger partial charge in [-0.2, -0.15) is 17.9 Å². The van der Waals surface area contributed by atoms with Gasteiger partial charge in [-0.1, -0.05) is 12.1 Å². The summed E-state index contributed by atoms with van der Waals surface area (Å²) < 4.78 is 80.3. The minimum Gasteiger partial charge on any atom is -0.303 e. The number of nitrogens with zero attached hydrogens (tertiary/aromatic N) is 3. The molecule has 1 atom stereocenters. The van der Waals surface area contributed by atoms with Gasteiger partial charge in [0.05, 0.1) is 6.20 Å². The summed E-state index contributed by atoms with van der Waals surface area (Å²) in [7, 11) is -4.59. The van der Waals surface area contributed by atoms with Crippen molar-refractivity contribution in [3.63, 3.8) is 0 Å². The number of sulfonamides is 1. The number of halogens is 4. The maximum absolute atomic E-state index is 13.3. The molecule has 0 saturated carbocycles. The van der Waals surface area contributed by atoms with Crippen LogP contribution in [0.25, 0.3) is 5.65 Å². The van der Waals surface area contributed by atoms with Crippen LogP contribution < -0.4 is 4.72 Å². The van der Waals surface area contributed by atoms with E-state index in [0.29, 0.717) is 0 Å². The van der Waals surface area contributed by atoms with Crippen molar-refractivity contribution in [2.75, 3.05) is 0 Å². The molecule has 2 aromatic heterocycles. The van der Waals surface area contributed by atoms with Gasteiger partial charge in [-0.25, -0.2) is 17.8 Å². The van der Waals surface area contributed by atoms with Crippen LogP contribution in [0.4, 0.5) is 17.6 Å². The van der Waals surface area contributed by atoms with Crippen molar-refractivity contribution in [2.24, 2.45) is 0 Å². The first-order chi connectivity index (χ1) is 11.7. The molecule has 1 aromatic carbocycles. The van der Waals surface area contributed by atoms with Gasteiger partial charge in [-0.15, -0.1) is 0 Å². The Labute approximate surface area is 139 Å². The third kappa shape index (κ3) is 3.61. The van der Waals surface area contributed by atoms with Crippen molar-refractivity contribution in [3.8, 4) is 0 Å². The summed E-state index contributed by atoms with van der Waals surface area (Å²) in [5, 5.41) is -0.586. The van der Waals surface area contributed by atoms with Gasteiger partial charge in [-0.3, -0.25) is 4.98 Å². The van der Waals surface area contributed by atoms with Gasteiger partial charge in [0.15, 0.2) is 10.7 Å². The molecule has 3 rings (SSSR count). The van der Waals surface area contributed by atoms with Gasteiger partial charge in [0.25, 0.3) is 10.0 Å². The highest BCUT2D eigenvalue weighted by Crippen LogP contribution is 2.34. The highest BCUT2D eigenvalue weighted by molar-refractivity contribution is 7.89. The van der Waals surface area contributed by atoms with Crippen LogP contribution in [0.5, 0.6) is 0 Å². The molecule has 0 spiro atoms. The van der Waals surface area contributed by atoms with Crippen molar-refractivity contribution in [3.05, 3.63) is 60.4 Å². The van der Waals surface area contributed by atoms with Gasteiger partial charge in [0.1, 0.15) is 11.9 Å². The number of hydrogen-bond acceptors (Lipinski definition) is 4. The summed E-state index contributed by atoms with van der Waals surface area (Å²) in [5.74, 6) is -0.736. The second-order valence-electron chi connectivity index (χ2n) is 5.07. The standard InChI is InChI=1S/C14H10F4N4O2S/c15-10-3-1-9(2-4-10)13(14(16,17)18)21-25(23,24)12-8-22-6-5-19-7-11(22)20-12/h1-8,13,21H/t13-/m1/s1. The van der Waals surface area contributed by atoms with Crippen LogP contribution in [0.15, 0.2) is 54.1 Å². The summed E-state index contributed by atoms with van der Waals surface area (Å²) >= 11 is 0. The highest BCUT2D eigenvalue weighted by Gasteiger charge is 2.43. The van der Waals surface area contributed by atoms with Gasteiger partial charge < -0.3 is 4.40 Å². The topological polar surface area (TPSA) is 76.4 Å². The first-order valence-electron chi connectivity index (χ1n) is 6.80. The molecule has 11 heteroatoms. The SMILES string of the molecule is O=S(=O)(N[C@H](c1ccc(F)cc1)C(F)(F)F)c1cn2ccncc2n1. The van der Waals surface area contributed by atoms with Crippen LogP contribution in [0.2, 0.25) is 0 Å². The molecule has 2 heterocycles. The minimum absolute atomic E-state index is 0.160. The van der Waals surface area contributed by atoms with E-state index in [1.807, 2.05) is 0 Å². The number of hydrogen-bond donors (Lipinski definition) is 1. The number of alkyl halides is 3. The van der Waals surface area contributed by atoms with Crippen molar-refractivity contribution >= 4 is 15.7 Å². The number of aromatic nitrogens is 3. The van der Waals surface area contributed by atoms with Gasteiger partial charge in [0.2, 0.25) is 0 Å². The first kappa shape index (κ1) is 17.3. The minimum atomic E-state index is -4.92. The zero-order chi connectivity index (χ0) is 18.2. The summed E-state index contributed by atoms with van der Waals surface area (Å²) in [6, 6.07) is 0.825. The van der Waals surface area contributed by atoms with E-state index in [0.717, 1.165) is 30.5 Å². The molecule has 1 N–H and O–H groups in total. The average Bonchev–Trinajstić information content (AvgIpc) is 2.98. The van der Waals surface area contributed by atoms with Crippen LogP contribution in [-0.2, 0) is 10.0 Å². The molecule has 3 aromatic rings. The molecular formula is C14H10F4N4O2S. The van der Waals surface area contributed by atoms with Crippen molar-refractivity contribution in [1.29, 1.82) is 0 Å². The van der Waals surface area contributed by atoms with Gasteiger partial charge in [-0.05, 0) is 17.7 Å². The zero-order valence-corrected chi connectivity index (χ0v) is 13.1. The van der Waals surface area contributed by atoms with Crippen molar-refractivity contribution in [2.45, 2.75) is 17.2 Å². The van der Waals surface area contributed by atoms with Crippen LogP contribution in [0.1, 0.15) is 11.6 Å². The number of fused-ring (bicyclic) bond motifs is 1. The lowest BCUT2D eigenvalue weighted by atomic mass is 10.1. The predicted octanol–water partition coefficient (Wildman–Crippen LogP) is 2.45. The number of benzene rings is 1. The third-order valence-corrected chi connectivity index (χ3v) is 4.61. The molecule has 0 amide bonds. The maximum Gasteiger partial charge on any atom is 0.408 e. The van der Waals surface area contributed by atoms with Crippen molar-refractivity contribution in [1.82, 2.24) is 19.1 Å². The largest absolute Gasteiger partial charge is 0.408 e. The molecule has 0 aliphatic carbocycles. The molecule has 0 bridgehead atoms. The Balaban J connectivity index is 1.99. The molecule has 25 heavy (non-hydrogen) atoms. The summed E-state index contributed by atoms with van der Waals surface area (Å²) in [6.07, 6.45) is 0.182. The fourth-order valence-corrected chi connectivity index (χ4v) is 3.31. The van der Waals surface area contributed by atoms with E-state index in [9.17, 15) is 26.0 Å². The Hall–Kier alpha value is -2.53. The van der Waals surface area contributed by atoms with E-state index in [4.69, 9.17) is 0 Å². The molecule has 6 nitrogen and oxygen atoms in total. The molecule has 0 unspecified atom stereocenters. The Morgan fingerprint density at radius 1 is 1.16 bits per heavy atom. The number of nitrogens with one attached hydrogen (secondary N) is 1. The first-order valence-corrected chi connectivity index (χ1v) is 8.28. The third-order valence-electron chi connectivity index (χ3n) is 3.32. The van der Waals surface area contributed by atoms with E-state index in [1.54, 1.807) is 4.72 Å². The van der Waals surface area contributed by atoms with E-state index in [2.05, 4.69) is 9.97 Å². The predicted molar refractivity (Wildman–Crippen MR) is 78.5 cm³/mol. The molecule has 0 saturated heterocycles. The summed E-state index contributed by atoms with van der Waals surface area (Å²) in [6.45, 7) is 0. The Morgan fingerprint density at radius 2 is 1.84 bits per heavy atom. The molecule has 0 aliphatic rings. The van der Waals surface area contributed by atoms with Gasteiger partial charge >= 0.3 is 6.18 Å². The zero-order valence-electron chi connectivity index (χ0n) is 12.3. The number of rotatable bonds is 4. The van der Waals surface area contributed by atoms with Crippen LogP contribution in [-0.4, -0.2) is 29.0 Å². The molecule has 0 radical (unpaired) electrons. The van der Waals surface area contributed by atoms with Crippen LogP contribution >= 0.6 is 0 Å². The van der Waals surface area contributed by atoms with Crippen LogP contribution in [0.3, 0.4) is 0 Å². The molecule has 132 valence electrons. The van der Waals surface area contributed by atoms with E-state index < -0.39 is 38.6 Å². The maximum atomic E-state index is 13.3. The highest BCUT2D eigenvalue weighted by atomic mass is 32.2.